The number of sulfonamides is 1. The van der Waals surface area contributed by atoms with Crippen LogP contribution in [0.15, 0.2) is 18.2 Å². The van der Waals surface area contributed by atoms with Crippen molar-refractivity contribution in [2.75, 3.05) is 6.26 Å². The molecule has 0 aliphatic heterocycles. The summed E-state index contributed by atoms with van der Waals surface area (Å²) in [6.45, 7) is 3.78. The van der Waals surface area contributed by atoms with Gasteiger partial charge in [-0.05, 0) is 38.2 Å². The van der Waals surface area contributed by atoms with Gasteiger partial charge >= 0.3 is 0 Å². The van der Waals surface area contributed by atoms with E-state index in [-0.39, 0.29) is 5.82 Å². The van der Waals surface area contributed by atoms with Gasteiger partial charge in [-0.25, -0.2) is 17.5 Å². The van der Waals surface area contributed by atoms with Gasteiger partial charge in [0.05, 0.1) is 11.8 Å². The Morgan fingerprint density at radius 3 is 2.70 bits per heavy atom. The summed E-state index contributed by atoms with van der Waals surface area (Å²) >= 11 is 5.19. The highest BCUT2D eigenvalue weighted by Gasteiger charge is 2.24. The fourth-order valence-electron chi connectivity index (χ4n) is 2.23. The summed E-state index contributed by atoms with van der Waals surface area (Å²) in [5.41, 5.74) is 0.193. The monoisotopic (exact) mass is 317 g/mol. The molecule has 0 fully saturated rings. The Labute approximate surface area is 121 Å². The molecule has 110 valence electrons. The van der Waals surface area contributed by atoms with Crippen molar-refractivity contribution in [1.29, 1.82) is 0 Å². The van der Waals surface area contributed by atoms with E-state index in [1.807, 2.05) is 0 Å². The van der Waals surface area contributed by atoms with Crippen molar-refractivity contribution in [3.63, 3.8) is 0 Å². The van der Waals surface area contributed by atoms with Crippen molar-refractivity contribution >= 4 is 33.3 Å². The lowest BCUT2D eigenvalue weighted by Crippen LogP contribution is -2.46. The van der Waals surface area contributed by atoms with Gasteiger partial charge in [0.2, 0.25) is 10.0 Å². The number of hydrogen-bond acceptors (Lipinski definition) is 3. The molecule has 2 aromatic rings. The third-order valence-corrected chi connectivity index (χ3v) is 4.02. The summed E-state index contributed by atoms with van der Waals surface area (Å²) in [5, 5.41) is 0. The van der Waals surface area contributed by atoms with Crippen LogP contribution in [0.2, 0.25) is 0 Å². The first-order valence-corrected chi connectivity index (χ1v) is 8.25. The van der Waals surface area contributed by atoms with Gasteiger partial charge in [0, 0.05) is 12.1 Å². The minimum Gasteiger partial charge on any atom is -0.328 e. The van der Waals surface area contributed by atoms with Crippen LogP contribution in [0.3, 0.4) is 0 Å². The van der Waals surface area contributed by atoms with Crippen molar-refractivity contribution in [1.82, 2.24) is 14.3 Å². The molecule has 20 heavy (non-hydrogen) atoms. The van der Waals surface area contributed by atoms with Crippen LogP contribution >= 0.6 is 12.2 Å². The Balaban J connectivity index is 2.47. The minimum absolute atomic E-state index is 0.294. The summed E-state index contributed by atoms with van der Waals surface area (Å²) in [5.74, 6) is -0.388. The van der Waals surface area contributed by atoms with Gasteiger partial charge in [0.15, 0.2) is 4.77 Å². The standard InChI is InChI=1S/C12H16FN3O2S2/c1-12(2,15-20(3,17)18)7-16-9-6-4-5-8(13)10(9)14-11(16)19/h4-6,15H,7H2,1-3H3,(H,14,19). The number of aromatic amines is 1. The van der Waals surface area contributed by atoms with Crippen LogP contribution in [0.5, 0.6) is 0 Å². The van der Waals surface area contributed by atoms with Crippen LogP contribution in [-0.2, 0) is 16.6 Å². The van der Waals surface area contributed by atoms with Crippen molar-refractivity contribution in [2.24, 2.45) is 0 Å². The largest absolute Gasteiger partial charge is 0.328 e. The van der Waals surface area contributed by atoms with E-state index < -0.39 is 15.6 Å². The molecule has 0 saturated heterocycles. The molecule has 1 aromatic carbocycles. The van der Waals surface area contributed by atoms with Gasteiger partial charge in [-0.1, -0.05) is 6.07 Å². The van der Waals surface area contributed by atoms with E-state index in [2.05, 4.69) is 9.71 Å². The molecule has 1 aromatic heterocycles. The maximum absolute atomic E-state index is 13.7. The second-order valence-electron chi connectivity index (χ2n) is 5.41. The van der Waals surface area contributed by atoms with Gasteiger partial charge in [0.1, 0.15) is 11.3 Å². The van der Waals surface area contributed by atoms with Gasteiger partial charge in [-0.15, -0.1) is 0 Å². The molecule has 0 radical (unpaired) electrons. The smallest absolute Gasteiger partial charge is 0.209 e. The Kier molecular flexibility index (Phi) is 3.74. The summed E-state index contributed by atoms with van der Waals surface area (Å²) in [7, 11) is -3.34. The Morgan fingerprint density at radius 2 is 2.10 bits per heavy atom. The van der Waals surface area contributed by atoms with Crippen LogP contribution < -0.4 is 4.72 Å². The predicted octanol–water partition coefficient (Wildman–Crippen LogP) is 2.17. The summed E-state index contributed by atoms with van der Waals surface area (Å²) in [6, 6.07) is 4.67. The molecule has 0 aliphatic rings. The Bertz CT molecular complexity index is 806. The van der Waals surface area contributed by atoms with Crippen LogP contribution in [0.25, 0.3) is 11.0 Å². The predicted molar refractivity (Wildman–Crippen MR) is 79.1 cm³/mol. The molecule has 0 unspecified atom stereocenters. The number of hydrogen-bond donors (Lipinski definition) is 2. The van der Waals surface area contributed by atoms with Gasteiger partial charge < -0.3 is 9.55 Å². The van der Waals surface area contributed by atoms with Crippen molar-refractivity contribution in [3.8, 4) is 0 Å². The zero-order valence-corrected chi connectivity index (χ0v) is 13.0. The molecule has 5 nitrogen and oxygen atoms in total. The normalized spacial score (nSPS) is 13.0. The number of H-pyrrole nitrogens is 1. The van der Waals surface area contributed by atoms with E-state index in [4.69, 9.17) is 12.2 Å². The number of halogens is 1. The molecule has 0 spiro atoms. The summed E-state index contributed by atoms with van der Waals surface area (Å²) < 4.78 is 41.0. The first-order valence-electron chi connectivity index (χ1n) is 5.95. The topological polar surface area (TPSA) is 66.9 Å². The van der Waals surface area contributed by atoms with E-state index in [1.165, 1.54) is 6.07 Å². The molecule has 0 saturated carbocycles. The lowest BCUT2D eigenvalue weighted by molar-refractivity contribution is 0.394. The number of benzene rings is 1. The third-order valence-electron chi connectivity index (χ3n) is 2.77. The third kappa shape index (κ3) is 3.25. The van der Waals surface area contributed by atoms with Gasteiger partial charge in [-0.3, -0.25) is 0 Å². The Morgan fingerprint density at radius 1 is 1.45 bits per heavy atom. The number of fused-ring (bicyclic) bond motifs is 1. The van der Waals surface area contributed by atoms with E-state index >= 15 is 0 Å². The highest BCUT2D eigenvalue weighted by molar-refractivity contribution is 7.88. The van der Waals surface area contributed by atoms with Crippen molar-refractivity contribution in [2.45, 2.75) is 25.9 Å². The fourth-order valence-corrected chi connectivity index (χ4v) is 3.56. The number of nitrogens with one attached hydrogen (secondary N) is 2. The van der Waals surface area contributed by atoms with Crippen LogP contribution in [-0.4, -0.2) is 29.8 Å². The van der Waals surface area contributed by atoms with Crippen molar-refractivity contribution in [3.05, 3.63) is 28.8 Å². The first kappa shape index (κ1) is 15.1. The molecule has 2 rings (SSSR count). The minimum atomic E-state index is -3.34. The second-order valence-corrected chi connectivity index (χ2v) is 7.54. The molecule has 0 bridgehead atoms. The lowest BCUT2D eigenvalue weighted by atomic mass is 10.1. The Hall–Kier alpha value is -1.25. The molecule has 1 heterocycles. The highest BCUT2D eigenvalue weighted by atomic mass is 32.2. The summed E-state index contributed by atoms with van der Waals surface area (Å²) in [6.07, 6.45) is 1.10. The van der Waals surface area contributed by atoms with E-state index in [9.17, 15) is 12.8 Å². The lowest BCUT2D eigenvalue weighted by Gasteiger charge is -2.25. The molecular formula is C12H16FN3O2S2. The number of rotatable bonds is 4. The zero-order valence-electron chi connectivity index (χ0n) is 11.4. The number of imidazole rings is 1. The second kappa shape index (κ2) is 4.94. The van der Waals surface area contributed by atoms with E-state index in [0.29, 0.717) is 22.3 Å². The zero-order chi connectivity index (χ0) is 15.1. The van der Waals surface area contributed by atoms with Crippen molar-refractivity contribution < 1.29 is 12.8 Å². The van der Waals surface area contributed by atoms with Crippen LogP contribution in [0, 0.1) is 10.6 Å². The number of aromatic nitrogens is 2. The molecule has 8 heteroatoms. The molecule has 2 N–H and O–H groups in total. The molecule has 0 amide bonds. The van der Waals surface area contributed by atoms with Gasteiger partial charge in [0.25, 0.3) is 0 Å². The maximum Gasteiger partial charge on any atom is 0.209 e. The molecular weight excluding hydrogens is 301 g/mol. The van der Waals surface area contributed by atoms with E-state index in [1.54, 1.807) is 30.5 Å². The SMILES string of the molecule is CC(C)(Cn1c(=S)[nH]c2c(F)cccc21)NS(C)(=O)=O. The maximum atomic E-state index is 13.7. The summed E-state index contributed by atoms with van der Waals surface area (Å²) in [4.78, 5) is 2.81. The average molecular weight is 317 g/mol. The quantitative estimate of drug-likeness (QED) is 0.849. The van der Waals surface area contributed by atoms with Crippen LogP contribution in [0.1, 0.15) is 13.8 Å². The average Bonchev–Trinajstić information content (AvgIpc) is 2.54. The first-order chi connectivity index (χ1) is 9.09. The van der Waals surface area contributed by atoms with Gasteiger partial charge in [-0.2, -0.15) is 0 Å². The highest BCUT2D eigenvalue weighted by Crippen LogP contribution is 2.20. The van der Waals surface area contributed by atoms with Crippen LogP contribution in [0.4, 0.5) is 4.39 Å². The fraction of sp³-hybridized carbons (Fsp3) is 0.417. The number of para-hydroxylation sites is 1. The molecule has 0 aliphatic carbocycles. The number of nitrogens with zero attached hydrogens (tertiary/aromatic N) is 1. The van der Waals surface area contributed by atoms with E-state index in [0.717, 1.165) is 6.26 Å². The molecule has 0 atom stereocenters.